The van der Waals surface area contributed by atoms with Gasteiger partial charge in [-0.2, -0.15) is 0 Å². The van der Waals surface area contributed by atoms with Gasteiger partial charge in [-0.1, -0.05) is 32.0 Å². The molecular formula is C11H17NS. The zero-order valence-electron chi connectivity index (χ0n) is 8.29. The molecule has 0 aliphatic heterocycles. The second-order valence-electron chi connectivity index (χ2n) is 3.27. The van der Waals surface area contributed by atoms with Crippen molar-refractivity contribution in [3.05, 3.63) is 30.3 Å². The molecule has 0 atom stereocenters. The molecule has 0 bridgehead atoms. The summed E-state index contributed by atoms with van der Waals surface area (Å²) in [7, 11) is 0. The first-order chi connectivity index (χ1) is 6.29. The van der Waals surface area contributed by atoms with Crippen molar-refractivity contribution in [2.45, 2.75) is 24.8 Å². The summed E-state index contributed by atoms with van der Waals surface area (Å²) in [5.74, 6) is 1.14. The SMILES string of the molecule is CC(C)NCCSc1ccccc1. The molecule has 1 N–H and O–H groups in total. The molecule has 1 aromatic rings. The number of nitrogens with one attached hydrogen (secondary N) is 1. The Balaban J connectivity index is 2.13. The molecule has 1 nitrogen and oxygen atoms in total. The highest BCUT2D eigenvalue weighted by molar-refractivity contribution is 7.99. The van der Waals surface area contributed by atoms with Crippen molar-refractivity contribution in [3.63, 3.8) is 0 Å². The number of rotatable bonds is 5. The monoisotopic (exact) mass is 195 g/mol. The van der Waals surface area contributed by atoms with Crippen LogP contribution in [0.5, 0.6) is 0 Å². The first-order valence-electron chi connectivity index (χ1n) is 4.70. The molecule has 0 aromatic heterocycles. The Labute approximate surface area is 84.9 Å². The summed E-state index contributed by atoms with van der Waals surface area (Å²) in [6.45, 7) is 5.43. The Morgan fingerprint density at radius 3 is 2.54 bits per heavy atom. The molecule has 0 heterocycles. The largest absolute Gasteiger partial charge is 0.314 e. The van der Waals surface area contributed by atoms with Crippen LogP contribution in [0.2, 0.25) is 0 Å². The van der Waals surface area contributed by atoms with Crippen molar-refractivity contribution >= 4 is 11.8 Å². The molecule has 0 spiro atoms. The Bertz CT molecular complexity index is 221. The zero-order valence-corrected chi connectivity index (χ0v) is 9.10. The van der Waals surface area contributed by atoms with E-state index >= 15 is 0 Å². The maximum Gasteiger partial charge on any atom is 0.0106 e. The van der Waals surface area contributed by atoms with Crippen LogP contribution in [0.1, 0.15) is 13.8 Å². The average Bonchev–Trinajstić information content (AvgIpc) is 2.14. The number of hydrogen-bond donors (Lipinski definition) is 1. The normalized spacial score (nSPS) is 10.7. The molecule has 0 aliphatic rings. The lowest BCUT2D eigenvalue weighted by atomic mass is 10.4. The second kappa shape index (κ2) is 6.06. The molecule has 1 rings (SSSR count). The van der Waals surface area contributed by atoms with Crippen LogP contribution in [-0.2, 0) is 0 Å². The third-order valence-electron chi connectivity index (χ3n) is 1.67. The van der Waals surface area contributed by atoms with Crippen molar-refractivity contribution in [1.29, 1.82) is 0 Å². The third-order valence-corrected chi connectivity index (χ3v) is 2.68. The molecule has 0 aliphatic carbocycles. The predicted octanol–water partition coefficient (Wildman–Crippen LogP) is 2.78. The maximum absolute atomic E-state index is 3.39. The molecule has 0 unspecified atom stereocenters. The van der Waals surface area contributed by atoms with E-state index < -0.39 is 0 Å². The van der Waals surface area contributed by atoms with Crippen LogP contribution in [0.15, 0.2) is 35.2 Å². The van der Waals surface area contributed by atoms with Gasteiger partial charge < -0.3 is 5.32 Å². The topological polar surface area (TPSA) is 12.0 Å². The Morgan fingerprint density at radius 1 is 1.23 bits per heavy atom. The smallest absolute Gasteiger partial charge is 0.0106 e. The summed E-state index contributed by atoms with van der Waals surface area (Å²) >= 11 is 1.90. The molecule has 1 aromatic carbocycles. The van der Waals surface area contributed by atoms with Crippen molar-refractivity contribution in [2.75, 3.05) is 12.3 Å². The first kappa shape index (κ1) is 10.6. The quantitative estimate of drug-likeness (QED) is 0.573. The number of hydrogen-bond acceptors (Lipinski definition) is 2. The minimum absolute atomic E-state index is 0.594. The van der Waals surface area contributed by atoms with Crippen molar-refractivity contribution in [1.82, 2.24) is 5.32 Å². The zero-order chi connectivity index (χ0) is 9.52. The lowest BCUT2D eigenvalue weighted by Crippen LogP contribution is -2.24. The van der Waals surface area contributed by atoms with E-state index in [-0.39, 0.29) is 0 Å². The molecule has 0 radical (unpaired) electrons. The van der Waals surface area contributed by atoms with Crippen LogP contribution < -0.4 is 5.32 Å². The molecule has 0 saturated carbocycles. The van der Waals surface area contributed by atoms with Gasteiger partial charge in [0.05, 0.1) is 0 Å². The highest BCUT2D eigenvalue weighted by Crippen LogP contribution is 2.15. The first-order valence-corrected chi connectivity index (χ1v) is 5.69. The summed E-state index contributed by atoms with van der Waals surface area (Å²) in [4.78, 5) is 1.35. The fourth-order valence-electron chi connectivity index (χ4n) is 1.03. The van der Waals surface area contributed by atoms with Crippen LogP contribution in [-0.4, -0.2) is 18.3 Å². The second-order valence-corrected chi connectivity index (χ2v) is 4.44. The van der Waals surface area contributed by atoms with E-state index in [4.69, 9.17) is 0 Å². The summed E-state index contributed by atoms with van der Waals surface area (Å²) in [5, 5.41) is 3.39. The van der Waals surface area contributed by atoms with E-state index in [0.29, 0.717) is 6.04 Å². The van der Waals surface area contributed by atoms with Crippen molar-refractivity contribution in [3.8, 4) is 0 Å². The van der Waals surface area contributed by atoms with Crippen LogP contribution in [0, 0.1) is 0 Å². The van der Waals surface area contributed by atoms with Gasteiger partial charge in [-0.15, -0.1) is 11.8 Å². The van der Waals surface area contributed by atoms with E-state index in [1.807, 2.05) is 11.8 Å². The molecule has 0 fully saturated rings. The highest BCUT2D eigenvalue weighted by Gasteiger charge is 1.93. The van der Waals surface area contributed by atoms with Crippen molar-refractivity contribution in [2.24, 2.45) is 0 Å². The van der Waals surface area contributed by atoms with Gasteiger partial charge in [0.1, 0.15) is 0 Å². The minimum Gasteiger partial charge on any atom is -0.314 e. The van der Waals surface area contributed by atoms with Crippen LogP contribution in [0.3, 0.4) is 0 Å². The highest BCUT2D eigenvalue weighted by atomic mass is 32.2. The van der Waals surface area contributed by atoms with Crippen LogP contribution >= 0.6 is 11.8 Å². The van der Waals surface area contributed by atoms with Gasteiger partial charge >= 0.3 is 0 Å². The predicted molar refractivity (Wildman–Crippen MR) is 60.3 cm³/mol. The molecule has 0 amide bonds. The number of thioether (sulfide) groups is 1. The number of benzene rings is 1. The lowest BCUT2D eigenvalue weighted by molar-refractivity contribution is 0.616. The van der Waals surface area contributed by atoms with Crippen molar-refractivity contribution < 1.29 is 0 Å². The fraction of sp³-hybridized carbons (Fsp3) is 0.455. The average molecular weight is 195 g/mol. The summed E-state index contributed by atoms with van der Waals surface area (Å²) < 4.78 is 0. The Kier molecular flexibility index (Phi) is 4.94. The molecule has 13 heavy (non-hydrogen) atoms. The van der Waals surface area contributed by atoms with E-state index in [1.165, 1.54) is 4.90 Å². The van der Waals surface area contributed by atoms with Gasteiger partial charge in [0, 0.05) is 23.2 Å². The van der Waals surface area contributed by atoms with Gasteiger partial charge in [0.2, 0.25) is 0 Å². The van der Waals surface area contributed by atoms with Gasteiger partial charge in [0.15, 0.2) is 0 Å². The molecule has 0 saturated heterocycles. The van der Waals surface area contributed by atoms with Gasteiger partial charge in [-0.3, -0.25) is 0 Å². The third kappa shape index (κ3) is 4.96. The standard InChI is InChI=1S/C11H17NS/c1-10(2)12-8-9-13-11-6-4-3-5-7-11/h3-7,10,12H,8-9H2,1-2H3. The lowest BCUT2D eigenvalue weighted by Gasteiger charge is -2.06. The maximum atomic E-state index is 3.39. The fourth-order valence-corrected chi connectivity index (χ4v) is 1.84. The van der Waals surface area contributed by atoms with E-state index in [1.54, 1.807) is 0 Å². The Morgan fingerprint density at radius 2 is 1.92 bits per heavy atom. The molecular weight excluding hydrogens is 178 g/mol. The van der Waals surface area contributed by atoms with Gasteiger partial charge in [-0.25, -0.2) is 0 Å². The molecule has 2 heteroatoms. The van der Waals surface area contributed by atoms with E-state index in [2.05, 4.69) is 49.5 Å². The van der Waals surface area contributed by atoms with Gasteiger partial charge in [-0.05, 0) is 12.1 Å². The Hall–Kier alpha value is -0.470. The van der Waals surface area contributed by atoms with Gasteiger partial charge in [0.25, 0.3) is 0 Å². The summed E-state index contributed by atoms with van der Waals surface area (Å²) in [5.41, 5.74) is 0. The van der Waals surface area contributed by atoms with Crippen LogP contribution in [0.25, 0.3) is 0 Å². The van der Waals surface area contributed by atoms with E-state index in [0.717, 1.165) is 12.3 Å². The van der Waals surface area contributed by atoms with Crippen LogP contribution in [0.4, 0.5) is 0 Å². The summed E-state index contributed by atoms with van der Waals surface area (Å²) in [6, 6.07) is 11.1. The molecule has 72 valence electrons. The van der Waals surface area contributed by atoms with E-state index in [9.17, 15) is 0 Å². The summed E-state index contributed by atoms with van der Waals surface area (Å²) in [6.07, 6.45) is 0. The minimum atomic E-state index is 0.594.